The highest BCUT2D eigenvalue weighted by Crippen LogP contribution is 2.46. The Hall–Kier alpha value is -3.34. The highest BCUT2D eigenvalue weighted by molar-refractivity contribution is 6.04. The van der Waals surface area contributed by atoms with E-state index in [-0.39, 0.29) is 29.5 Å². The first-order valence-corrected chi connectivity index (χ1v) is 12.8. The van der Waals surface area contributed by atoms with Crippen molar-refractivity contribution < 1.29 is 19.4 Å². The Bertz CT molecular complexity index is 1200. The van der Waals surface area contributed by atoms with Crippen LogP contribution in [0, 0.1) is 0 Å². The summed E-state index contributed by atoms with van der Waals surface area (Å²) in [7, 11) is 0. The highest BCUT2D eigenvalue weighted by Gasteiger charge is 2.42. The zero-order chi connectivity index (χ0) is 24.5. The Balaban J connectivity index is 1.52. The van der Waals surface area contributed by atoms with Crippen LogP contribution >= 0.6 is 0 Å². The molecule has 3 aliphatic rings. The van der Waals surface area contributed by atoms with Gasteiger partial charge in [0.2, 0.25) is 0 Å². The van der Waals surface area contributed by atoms with E-state index in [9.17, 15) is 14.7 Å². The number of carbonyl (C=O) groups excluding carboxylic acids is 2. The van der Waals surface area contributed by atoms with Gasteiger partial charge in [-0.3, -0.25) is 4.79 Å². The maximum atomic E-state index is 13.7. The number of dihydropyridines is 1. The summed E-state index contributed by atoms with van der Waals surface area (Å²) in [6.45, 7) is 4.02. The van der Waals surface area contributed by atoms with Crippen LogP contribution in [-0.2, 0) is 20.7 Å². The number of aromatic hydroxyl groups is 1. The van der Waals surface area contributed by atoms with Crippen molar-refractivity contribution in [2.45, 2.75) is 76.7 Å². The summed E-state index contributed by atoms with van der Waals surface area (Å²) in [6, 6.07) is 15.4. The van der Waals surface area contributed by atoms with Gasteiger partial charge in [-0.2, -0.15) is 0 Å². The smallest absolute Gasteiger partial charge is 0.337 e. The zero-order valence-corrected chi connectivity index (χ0v) is 20.5. The molecule has 1 saturated carbocycles. The maximum Gasteiger partial charge on any atom is 0.337 e. The van der Waals surface area contributed by atoms with Gasteiger partial charge in [0.05, 0.1) is 5.57 Å². The molecule has 182 valence electrons. The predicted octanol–water partition coefficient (Wildman–Crippen LogP) is 5.80. The Morgan fingerprint density at radius 3 is 2.49 bits per heavy atom. The molecule has 5 rings (SSSR count). The van der Waals surface area contributed by atoms with E-state index in [4.69, 9.17) is 4.74 Å². The van der Waals surface area contributed by atoms with E-state index in [0.29, 0.717) is 24.0 Å². The van der Waals surface area contributed by atoms with Gasteiger partial charge < -0.3 is 15.2 Å². The quantitative estimate of drug-likeness (QED) is 0.539. The largest absolute Gasteiger partial charge is 0.508 e. The summed E-state index contributed by atoms with van der Waals surface area (Å²) in [5, 5.41) is 13.6. The van der Waals surface area contributed by atoms with E-state index >= 15 is 0 Å². The third-order valence-electron chi connectivity index (χ3n) is 7.69. The minimum absolute atomic E-state index is 0.0373. The van der Waals surface area contributed by atoms with Crippen LogP contribution in [0.2, 0.25) is 0 Å². The van der Waals surface area contributed by atoms with Crippen LogP contribution in [-0.4, -0.2) is 23.0 Å². The second-order valence-electron chi connectivity index (χ2n) is 10.0. The number of hydrogen-bond donors (Lipinski definition) is 2. The molecule has 5 nitrogen and oxygen atoms in total. The highest BCUT2D eigenvalue weighted by atomic mass is 16.5. The van der Waals surface area contributed by atoms with Gasteiger partial charge in [0.25, 0.3) is 0 Å². The molecule has 35 heavy (non-hydrogen) atoms. The SMILES string of the molecule is CCc1ccc(C2CC(=O)C3=C(C2)NC(C)=C(C(=O)OC2CCCC2)C3c2cccc(O)c2)cc1. The fourth-order valence-electron chi connectivity index (χ4n) is 5.83. The maximum absolute atomic E-state index is 13.7. The van der Waals surface area contributed by atoms with E-state index < -0.39 is 5.92 Å². The van der Waals surface area contributed by atoms with Crippen LogP contribution in [0.25, 0.3) is 0 Å². The lowest BCUT2D eigenvalue weighted by Gasteiger charge is -2.37. The number of benzene rings is 2. The molecular formula is C30H33NO4. The van der Waals surface area contributed by atoms with Gasteiger partial charge in [-0.05, 0) is 80.2 Å². The molecule has 1 heterocycles. The lowest BCUT2D eigenvalue weighted by molar-refractivity contribution is -0.144. The molecule has 2 aromatic carbocycles. The minimum Gasteiger partial charge on any atom is -0.508 e. The first kappa shape index (κ1) is 23.4. The lowest BCUT2D eigenvalue weighted by Crippen LogP contribution is -2.36. The standard InChI is InChI=1S/C30H33NO4/c1-3-19-11-13-20(14-12-19)22-16-25-29(26(33)17-22)28(21-7-6-8-23(32)15-21)27(18(2)31-25)30(34)35-24-9-4-5-10-24/h6-8,11-15,22,24,28,31-32H,3-5,9-10,16-17H2,1-2H3. The third kappa shape index (κ3) is 4.64. The van der Waals surface area contributed by atoms with Gasteiger partial charge in [-0.25, -0.2) is 4.79 Å². The zero-order valence-electron chi connectivity index (χ0n) is 20.5. The van der Waals surface area contributed by atoms with Crippen LogP contribution < -0.4 is 5.32 Å². The average Bonchev–Trinajstić information content (AvgIpc) is 3.36. The minimum atomic E-state index is -0.553. The van der Waals surface area contributed by atoms with E-state index in [1.165, 1.54) is 5.56 Å². The number of aryl methyl sites for hydroxylation is 1. The van der Waals surface area contributed by atoms with Crippen molar-refractivity contribution in [1.29, 1.82) is 0 Å². The van der Waals surface area contributed by atoms with E-state index in [0.717, 1.165) is 54.6 Å². The van der Waals surface area contributed by atoms with Crippen LogP contribution in [0.1, 0.15) is 80.9 Å². The molecule has 1 aliphatic heterocycles. The number of Topliss-reactive ketones (excluding diaryl/α,β-unsaturated/α-hetero) is 1. The van der Waals surface area contributed by atoms with Crippen molar-refractivity contribution in [3.8, 4) is 5.75 Å². The monoisotopic (exact) mass is 471 g/mol. The van der Waals surface area contributed by atoms with Crippen molar-refractivity contribution in [2.24, 2.45) is 0 Å². The molecule has 5 heteroatoms. The number of ether oxygens (including phenoxy) is 1. The van der Waals surface area contributed by atoms with Crippen molar-refractivity contribution in [3.63, 3.8) is 0 Å². The van der Waals surface area contributed by atoms with Crippen LogP contribution in [0.5, 0.6) is 5.75 Å². The molecule has 0 amide bonds. The molecule has 2 unspecified atom stereocenters. The van der Waals surface area contributed by atoms with Gasteiger partial charge in [0, 0.05) is 29.3 Å². The molecule has 2 N–H and O–H groups in total. The molecule has 2 aliphatic carbocycles. The Labute approximate surface area is 206 Å². The summed E-state index contributed by atoms with van der Waals surface area (Å²) < 4.78 is 5.90. The number of carbonyl (C=O) groups is 2. The molecule has 1 fully saturated rings. The number of rotatable bonds is 5. The molecular weight excluding hydrogens is 438 g/mol. The van der Waals surface area contributed by atoms with Crippen LogP contribution in [0.3, 0.4) is 0 Å². The molecule has 0 saturated heterocycles. The van der Waals surface area contributed by atoms with Gasteiger partial charge in [-0.1, -0.05) is 43.3 Å². The Morgan fingerprint density at radius 2 is 1.80 bits per heavy atom. The summed E-state index contributed by atoms with van der Waals surface area (Å²) in [5.41, 5.74) is 5.85. The topological polar surface area (TPSA) is 75.6 Å². The Kier molecular flexibility index (Phi) is 6.50. The predicted molar refractivity (Wildman–Crippen MR) is 135 cm³/mol. The van der Waals surface area contributed by atoms with Crippen LogP contribution in [0.4, 0.5) is 0 Å². The molecule has 2 atom stereocenters. The second kappa shape index (κ2) is 9.73. The summed E-state index contributed by atoms with van der Waals surface area (Å²) in [5.74, 6) is -0.684. The molecule has 0 radical (unpaired) electrons. The number of allylic oxidation sites excluding steroid dienone is 3. The van der Waals surface area contributed by atoms with E-state index in [1.54, 1.807) is 18.2 Å². The molecule has 0 bridgehead atoms. The van der Waals surface area contributed by atoms with Crippen molar-refractivity contribution in [1.82, 2.24) is 5.32 Å². The molecule has 0 aromatic heterocycles. The van der Waals surface area contributed by atoms with Crippen molar-refractivity contribution in [2.75, 3.05) is 0 Å². The fourth-order valence-corrected chi connectivity index (χ4v) is 5.83. The van der Waals surface area contributed by atoms with Gasteiger partial charge in [-0.15, -0.1) is 0 Å². The normalized spacial score (nSPS) is 22.7. The number of ketones is 1. The Morgan fingerprint density at radius 1 is 1.06 bits per heavy atom. The van der Waals surface area contributed by atoms with E-state index in [1.807, 2.05) is 13.0 Å². The van der Waals surface area contributed by atoms with Crippen molar-refractivity contribution in [3.05, 3.63) is 87.8 Å². The number of esters is 1. The third-order valence-corrected chi connectivity index (χ3v) is 7.69. The van der Waals surface area contributed by atoms with Crippen molar-refractivity contribution >= 4 is 11.8 Å². The molecule has 0 spiro atoms. The second-order valence-corrected chi connectivity index (χ2v) is 10.0. The first-order chi connectivity index (χ1) is 16.9. The summed E-state index contributed by atoms with van der Waals surface area (Å²) in [4.78, 5) is 27.1. The van der Waals surface area contributed by atoms with Gasteiger partial charge in [0.1, 0.15) is 11.9 Å². The first-order valence-electron chi connectivity index (χ1n) is 12.8. The lowest BCUT2D eigenvalue weighted by atomic mass is 9.71. The number of hydrogen-bond acceptors (Lipinski definition) is 5. The van der Waals surface area contributed by atoms with E-state index in [2.05, 4.69) is 36.5 Å². The number of nitrogens with one attached hydrogen (secondary N) is 1. The van der Waals surface area contributed by atoms with Gasteiger partial charge in [0.15, 0.2) is 5.78 Å². The summed E-state index contributed by atoms with van der Waals surface area (Å²) >= 11 is 0. The summed E-state index contributed by atoms with van der Waals surface area (Å²) in [6.07, 6.45) is 5.91. The number of phenols is 1. The van der Waals surface area contributed by atoms with Crippen LogP contribution in [0.15, 0.2) is 71.1 Å². The van der Waals surface area contributed by atoms with Gasteiger partial charge >= 0.3 is 5.97 Å². The molecule has 2 aromatic rings. The average molecular weight is 472 g/mol. The fraction of sp³-hybridized carbons (Fsp3) is 0.400. The number of phenolic OH excluding ortho intramolecular Hbond substituents is 1.